The third-order valence-electron chi connectivity index (χ3n) is 6.44. The van der Waals surface area contributed by atoms with Crippen LogP contribution >= 0.6 is 0 Å². The van der Waals surface area contributed by atoms with E-state index in [9.17, 15) is 0 Å². The Labute approximate surface area is 180 Å². The molecule has 0 spiro atoms. The van der Waals surface area contributed by atoms with Crippen molar-refractivity contribution in [1.82, 2.24) is 14.6 Å². The molecule has 1 aromatic carbocycles. The Kier molecular flexibility index (Phi) is 5.58. The van der Waals surface area contributed by atoms with Crippen LogP contribution in [0.5, 0.6) is 0 Å². The Morgan fingerprint density at radius 2 is 1.73 bits per heavy atom. The molecule has 0 saturated heterocycles. The second kappa shape index (κ2) is 8.03. The smallest absolute Gasteiger partial charge is 0.165 e. The van der Waals surface area contributed by atoms with Crippen molar-refractivity contribution in [2.45, 2.75) is 67.3 Å². The number of benzene rings is 1. The molecule has 3 heterocycles. The van der Waals surface area contributed by atoms with Crippen molar-refractivity contribution in [3.63, 3.8) is 0 Å². The molecule has 0 aliphatic carbocycles. The quantitative estimate of drug-likeness (QED) is 0.552. The van der Waals surface area contributed by atoms with Gasteiger partial charge in [0.2, 0.25) is 0 Å². The number of ether oxygens (including phenoxy) is 1. The molecule has 0 bridgehead atoms. The third kappa shape index (κ3) is 3.39. The highest BCUT2D eigenvalue weighted by atomic mass is 16.5. The second-order valence-corrected chi connectivity index (χ2v) is 8.75. The number of nitrogens with zero attached hydrogens (tertiary/aromatic N) is 4. The molecule has 3 aromatic rings. The van der Waals surface area contributed by atoms with Crippen LogP contribution in [0.1, 0.15) is 53.9 Å². The monoisotopic (exact) mass is 406 g/mol. The van der Waals surface area contributed by atoms with Gasteiger partial charge in [0, 0.05) is 30.5 Å². The van der Waals surface area contributed by atoms with Crippen molar-refractivity contribution in [3.05, 3.63) is 45.8 Å². The highest BCUT2D eigenvalue weighted by Crippen LogP contribution is 2.38. The number of fused-ring (bicyclic) bond motifs is 3. The van der Waals surface area contributed by atoms with Gasteiger partial charge in [0.15, 0.2) is 5.65 Å². The zero-order valence-electron chi connectivity index (χ0n) is 19.5. The summed E-state index contributed by atoms with van der Waals surface area (Å²) in [5, 5.41) is 5.03. The minimum Gasteiger partial charge on any atom is -0.380 e. The van der Waals surface area contributed by atoms with Crippen LogP contribution in [0.15, 0.2) is 12.1 Å². The minimum atomic E-state index is 0.457. The lowest BCUT2D eigenvalue weighted by Gasteiger charge is -2.37. The number of aryl methyl sites for hydroxylation is 5. The van der Waals surface area contributed by atoms with Gasteiger partial charge in [0.1, 0.15) is 5.82 Å². The van der Waals surface area contributed by atoms with Crippen LogP contribution in [0, 0.1) is 34.6 Å². The molecule has 0 fully saturated rings. The predicted octanol–water partition coefficient (Wildman–Crippen LogP) is 5.12. The summed E-state index contributed by atoms with van der Waals surface area (Å²) in [7, 11) is 0. The van der Waals surface area contributed by atoms with Crippen LogP contribution in [0.4, 0.5) is 5.82 Å². The maximum atomic E-state index is 5.70. The molecular formula is C25H34N4O. The van der Waals surface area contributed by atoms with Crippen molar-refractivity contribution >= 4 is 11.5 Å². The number of anilines is 1. The van der Waals surface area contributed by atoms with Gasteiger partial charge in [-0.1, -0.05) is 17.7 Å². The fourth-order valence-electron chi connectivity index (χ4n) is 5.09. The molecule has 0 N–H and O–H groups in total. The average molecular weight is 407 g/mol. The maximum absolute atomic E-state index is 5.70. The van der Waals surface area contributed by atoms with Gasteiger partial charge in [-0.15, -0.1) is 0 Å². The van der Waals surface area contributed by atoms with Crippen LogP contribution in [0.3, 0.4) is 0 Å². The number of hydrogen-bond acceptors (Lipinski definition) is 4. The van der Waals surface area contributed by atoms with Gasteiger partial charge in [-0.2, -0.15) is 9.61 Å². The topological polar surface area (TPSA) is 42.7 Å². The predicted molar refractivity (Wildman–Crippen MR) is 124 cm³/mol. The van der Waals surface area contributed by atoms with Gasteiger partial charge < -0.3 is 9.64 Å². The highest BCUT2D eigenvalue weighted by molar-refractivity contribution is 5.85. The molecule has 0 saturated carbocycles. The van der Waals surface area contributed by atoms with Gasteiger partial charge in [-0.3, -0.25) is 0 Å². The number of rotatable bonds is 5. The van der Waals surface area contributed by atoms with Gasteiger partial charge in [0.05, 0.1) is 17.9 Å². The molecule has 5 heteroatoms. The summed E-state index contributed by atoms with van der Waals surface area (Å²) in [5.41, 5.74) is 10.7. The average Bonchev–Trinajstić information content (AvgIpc) is 2.99. The largest absolute Gasteiger partial charge is 0.380 e. The van der Waals surface area contributed by atoms with Crippen LogP contribution < -0.4 is 4.90 Å². The van der Waals surface area contributed by atoms with Crippen molar-refractivity contribution in [3.8, 4) is 11.1 Å². The van der Waals surface area contributed by atoms with E-state index in [-0.39, 0.29) is 0 Å². The molecule has 1 atom stereocenters. The molecule has 160 valence electrons. The summed E-state index contributed by atoms with van der Waals surface area (Å²) >= 11 is 0. The van der Waals surface area contributed by atoms with Crippen molar-refractivity contribution in [2.24, 2.45) is 0 Å². The molecule has 1 aliphatic rings. The molecule has 1 unspecified atom stereocenters. The highest BCUT2D eigenvalue weighted by Gasteiger charge is 2.30. The number of hydrogen-bond donors (Lipinski definition) is 0. The Morgan fingerprint density at radius 1 is 1.03 bits per heavy atom. The molecule has 5 nitrogen and oxygen atoms in total. The SMILES string of the molecule is CCOCCN1c2c(c(C)nc3c(-c4c(C)cc(C)cc4C)c(C)nn23)CCC1C. The van der Waals surface area contributed by atoms with E-state index in [1.165, 1.54) is 39.2 Å². The van der Waals surface area contributed by atoms with Gasteiger partial charge >= 0.3 is 0 Å². The van der Waals surface area contributed by atoms with E-state index in [0.717, 1.165) is 49.6 Å². The van der Waals surface area contributed by atoms with E-state index >= 15 is 0 Å². The van der Waals surface area contributed by atoms with Crippen LogP contribution in [0.25, 0.3) is 16.8 Å². The molecule has 1 aliphatic heterocycles. The second-order valence-electron chi connectivity index (χ2n) is 8.75. The maximum Gasteiger partial charge on any atom is 0.165 e. The van der Waals surface area contributed by atoms with E-state index in [4.69, 9.17) is 14.8 Å². The molecular weight excluding hydrogens is 372 g/mol. The molecule has 30 heavy (non-hydrogen) atoms. The van der Waals surface area contributed by atoms with E-state index in [0.29, 0.717) is 6.04 Å². The lowest BCUT2D eigenvalue weighted by Crippen LogP contribution is -2.41. The first-order valence-corrected chi connectivity index (χ1v) is 11.1. The summed E-state index contributed by atoms with van der Waals surface area (Å²) in [4.78, 5) is 7.56. The van der Waals surface area contributed by atoms with E-state index < -0.39 is 0 Å². The summed E-state index contributed by atoms with van der Waals surface area (Å²) in [6, 6.07) is 4.97. The summed E-state index contributed by atoms with van der Waals surface area (Å²) in [5.74, 6) is 1.20. The fourth-order valence-corrected chi connectivity index (χ4v) is 5.09. The van der Waals surface area contributed by atoms with Crippen LogP contribution in [0.2, 0.25) is 0 Å². The lowest BCUT2D eigenvalue weighted by atomic mass is 9.93. The van der Waals surface area contributed by atoms with Crippen molar-refractivity contribution in [1.29, 1.82) is 0 Å². The summed E-state index contributed by atoms with van der Waals surface area (Å²) < 4.78 is 7.80. The normalized spacial score (nSPS) is 16.4. The summed E-state index contributed by atoms with van der Waals surface area (Å²) in [6.45, 7) is 17.5. The van der Waals surface area contributed by atoms with E-state index in [1.807, 2.05) is 0 Å². The van der Waals surface area contributed by atoms with E-state index in [2.05, 4.69) is 70.0 Å². The zero-order valence-corrected chi connectivity index (χ0v) is 19.5. The zero-order chi connectivity index (χ0) is 21.6. The Bertz CT molecular complexity index is 1080. The minimum absolute atomic E-state index is 0.457. The molecule has 2 aromatic heterocycles. The Morgan fingerprint density at radius 3 is 2.40 bits per heavy atom. The fraction of sp³-hybridized carbons (Fsp3) is 0.520. The van der Waals surface area contributed by atoms with Gasteiger partial charge in [-0.25, -0.2) is 4.98 Å². The first kappa shape index (κ1) is 20.9. The molecule has 4 rings (SSSR count). The van der Waals surface area contributed by atoms with Crippen molar-refractivity contribution < 1.29 is 4.74 Å². The first-order chi connectivity index (χ1) is 14.3. The first-order valence-electron chi connectivity index (χ1n) is 11.1. The molecule has 0 amide bonds. The standard InChI is InChI=1S/C25H34N4O/c1-8-30-12-11-28-18(5)9-10-21-19(6)26-24-23(20(7)27-29(24)25(21)28)22-16(3)13-15(2)14-17(22)4/h13-14,18H,8-12H2,1-7H3. The van der Waals surface area contributed by atoms with Crippen LogP contribution in [-0.2, 0) is 11.2 Å². The summed E-state index contributed by atoms with van der Waals surface area (Å²) in [6.07, 6.45) is 2.18. The Balaban J connectivity index is 1.96. The number of aromatic nitrogens is 3. The lowest BCUT2D eigenvalue weighted by molar-refractivity contribution is 0.152. The Hall–Kier alpha value is -2.40. The van der Waals surface area contributed by atoms with Crippen LogP contribution in [-0.4, -0.2) is 40.4 Å². The van der Waals surface area contributed by atoms with Gasteiger partial charge in [-0.05, 0) is 78.0 Å². The van der Waals surface area contributed by atoms with Gasteiger partial charge in [0.25, 0.3) is 0 Å². The third-order valence-corrected chi connectivity index (χ3v) is 6.44. The molecule has 0 radical (unpaired) electrons. The van der Waals surface area contributed by atoms with Crippen molar-refractivity contribution in [2.75, 3.05) is 24.7 Å². The van der Waals surface area contributed by atoms with E-state index in [1.54, 1.807) is 0 Å².